The van der Waals surface area contributed by atoms with Crippen LogP contribution >= 0.6 is 11.8 Å². The number of aliphatic carboxylic acids is 1. The summed E-state index contributed by atoms with van der Waals surface area (Å²) in [6.07, 6.45) is 0.901. The number of ether oxygens (including phenoxy) is 1. The topological polar surface area (TPSA) is 70.1 Å². The summed E-state index contributed by atoms with van der Waals surface area (Å²) in [7, 11) is 1.63. The monoisotopic (exact) mass is 260 g/mol. The summed E-state index contributed by atoms with van der Waals surface area (Å²) in [6.45, 7) is 1.20. The van der Waals surface area contributed by atoms with E-state index < -0.39 is 12.0 Å². The van der Waals surface area contributed by atoms with Crippen LogP contribution in [0.5, 0.6) is 0 Å². The molecule has 2 rings (SSSR count). The van der Waals surface area contributed by atoms with Crippen molar-refractivity contribution in [3.8, 4) is 0 Å². The highest BCUT2D eigenvalue weighted by Gasteiger charge is 2.38. The van der Waals surface area contributed by atoms with Crippen molar-refractivity contribution in [1.29, 1.82) is 0 Å². The van der Waals surface area contributed by atoms with Gasteiger partial charge in [-0.2, -0.15) is 0 Å². The maximum absolute atomic E-state index is 12.1. The van der Waals surface area contributed by atoms with Crippen LogP contribution in [0.3, 0.4) is 0 Å². The predicted molar refractivity (Wildman–Crippen MR) is 63.0 cm³/mol. The summed E-state index contributed by atoms with van der Waals surface area (Å²) < 4.78 is 5.19. The summed E-state index contributed by atoms with van der Waals surface area (Å²) in [4.78, 5) is 26.3. The Morgan fingerprint density at radius 3 is 2.82 bits per heavy atom. The summed E-state index contributed by atoms with van der Waals surface area (Å²) in [5.74, 6) is 0.0119. The lowest BCUT2D eigenvalue weighted by Crippen LogP contribution is -2.48. The predicted octanol–water partition coefficient (Wildman–Crippen LogP) is 0.287. The van der Waals surface area contributed by atoms with Gasteiger partial charge in [0.1, 0.15) is 6.04 Å². The zero-order chi connectivity index (χ0) is 12.4. The van der Waals surface area contributed by atoms with Gasteiger partial charge in [0.15, 0.2) is 0 Å². The molecule has 2 unspecified atom stereocenters. The van der Waals surface area contributed by atoms with Crippen molar-refractivity contribution in [2.75, 3.05) is 31.8 Å². The molecule has 2 heterocycles. The van der Waals surface area contributed by atoms with Gasteiger partial charge < -0.3 is 19.6 Å². The van der Waals surface area contributed by atoms with Crippen LogP contribution in [0.15, 0.2) is 0 Å². The van der Waals surface area contributed by atoms with Crippen molar-refractivity contribution in [2.45, 2.75) is 18.6 Å². The Kier molecular flexibility index (Phi) is 3.78. The Morgan fingerprint density at radius 1 is 1.47 bits per heavy atom. The number of methoxy groups -OCH3 is 1. The molecule has 2 saturated heterocycles. The van der Waals surface area contributed by atoms with Gasteiger partial charge in [0.05, 0.1) is 12.0 Å². The molecule has 1 N–H and O–H groups in total. The minimum atomic E-state index is -0.925. The molecule has 2 aliphatic rings. The highest BCUT2D eigenvalue weighted by molar-refractivity contribution is 7.99. The normalized spacial score (nSPS) is 28.8. The van der Waals surface area contributed by atoms with E-state index in [0.29, 0.717) is 24.7 Å². The number of rotatable bonds is 2. The van der Waals surface area contributed by atoms with Gasteiger partial charge in [-0.05, 0) is 6.42 Å². The number of hydrogen-bond donors (Lipinski definition) is 1. The fourth-order valence-corrected chi connectivity index (χ4v) is 3.25. The van der Waals surface area contributed by atoms with E-state index >= 15 is 0 Å². The first-order chi connectivity index (χ1) is 8.13. The molecule has 0 aromatic heterocycles. The molecule has 7 heteroatoms. The van der Waals surface area contributed by atoms with Crippen LogP contribution in [-0.4, -0.2) is 70.9 Å². The van der Waals surface area contributed by atoms with E-state index in [-0.39, 0.29) is 12.1 Å². The Labute approximate surface area is 104 Å². The summed E-state index contributed by atoms with van der Waals surface area (Å²) in [6, 6.07) is -0.865. The summed E-state index contributed by atoms with van der Waals surface area (Å²) in [5.41, 5.74) is 0. The molecular formula is C10H16N2O4S. The van der Waals surface area contributed by atoms with Crippen molar-refractivity contribution in [3.63, 3.8) is 0 Å². The number of likely N-dealkylation sites (tertiary alicyclic amines) is 1. The van der Waals surface area contributed by atoms with E-state index in [9.17, 15) is 9.59 Å². The zero-order valence-corrected chi connectivity index (χ0v) is 10.5. The summed E-state index contributed by atoms with van der Waals surface area (Å²) >= 11 is 1.48. The second kappa shape index (κ2) is 5.14. The van der Waals surface area contributed by atoms with E-state index in [1.54, 1.807) is 12.0 Å². The number of carboxylic acid groups (broad SMARTS) is 1. The number of carboxylic acids is 1. The van der Waals surface area contributed by atoms with Crippen LogP contribution in [0.2, 0.25) is 0 Å². The number of carbonyl (C=O) groups is 2. The molecule has 2 fully saturated rings. The first-order valence-corrected chi connectivity index (χ1v) is 6.68. The standard InChI is InChI=1S/C10H16N2O4S/c1-16-7-2-3-11(4-7)10(15)12-6-17-5-8(12)9(13)14/h7-8H,2-6H2,1H3,(H,13,14). The van der Waals surface area contributed by atoms with Gasteiger partial charge in [-0.25, -0.2) is 9.59 Å². The lowest BCUT2D eigenvalue weighted by molar-refractivity contribution is -0.140. The van der Waals surface area contributed by atoms with Gasteiger partial charge >= 0.3 is 12.0 Å². The fraction of sp³-hybridized carbons (Fsp3) is 0.800. The van der Waals surface area contributed by atoms with E-state index in [2.05, 4.69) is 0 Å². The number of nitrogens with zero attached hydrogens (tertiary/aromatic N) is 2. The van der Waals surface area contributed by atoms with E-state index in [4.69, 9.17) is 9.84 Å². The average molecular weight is 260 g/mol. The Balaban J connectivity index is 1.98. The Morgan fingerprint density at radius 2 is 2.24 bits per heavy atom. The smallest absolute Gasteiger partial charge is 0.327 e. The highest BCUT2D eigenvalue weighted by Crippen LogP contribution is 2.24. The zero-order valence-electron chi connectivity index (χ0n) is 9.66. The molecule has 0 radical (unpaired) electrons. The minimum absolute atomic E-state index is 0.0810. The maximum atomic E-state index is 12.1. The molecule has 0 bridgehead atoms. The molecule has 0 aliphatic carbocycles. The molecule has 2 amide bonds. The third-order valence-corrected chi connectivity index (χ3v) is 4.17. The third kappa shape index (κ3) is 2.50. The van der Waals surface area contributed by atoms with E-state index in [1.807, 2.05) is 0 Å². The van der Waals surface area contributed by atoms with Crippen molar-refractivity contribution < 1.29 is 19.4 Å². The molecule has 0 saturated carbocycles. The molecule has 0 aromatic carbocycles. The largest absolute Gasteiger partial charge is 0.480 e. The fourth-order valence-electron chi connectivity index (χ4n) is 2.11. The number of carbonyl (C=O) groups excluding carboxylic acids is 1. The lowest BCUT2D eigenvalue weighted by Gasteiger charge is -2.26. The van der Waals surface area contributed by atoms with Crippen molar-refractivity contribution in [3.05, 3.63) is 0 Å². The molecular weight excluding hydrogens is 244 g/mol. The Hall–Kier alpha value is -0.950. The van der Waals surface area contributed by atoms with Crippen LogP contribution in [0, 0.1) is 0 Å². The molecule has 17 heavy (non-hydrogen) atoms. The van der Waals surface area contributed by atoms with E-state index in [0.717, 1.165) is 6.42 Å². The molecule has 6 nitrogen and oxygen atoms in total. The molecule has 2 aliphatic heterocycles. The first kappa shape index (κ1) is 12.5. The molecule has 96 valence electrons. The number of amides is 2. The van der Waals surface area contributed by atoms with Gasteiger partial charge in [-0.1, -0.05) is 0 Å². The summed E-state index contributed by atoms with van der Waals surface area (Å²) in [5, 5.41) is 9.02. The van der Waals surface area contributed by atoms with Crippen molar-refractivity contribution in [2.24, 2.45) is 0 Å². The number of hydrogen-bond acceptors (Lipinski definition) is 4. The van der Waals surface area contributed by atoms with Crippen LogP contribution in [-0.2, 0) is 9.53 Å². The van der Waals surface area contributed by atoms with Crippen molar-refractivity contribution >= 4 is 23.8 Å². The van der Waals surface area contributed by atoms with Crippen molar-refractivity contribution in [1.82, 2.24) is 9.80 Å². The van der Waals surface area contributed by atoms with E-state index in [1.165, 1.54) is 16.7 Å². The third-order valence-electron chi connectivity index (χ3n) is 3.16. The lowest BCUT2D eigenvalue weighted by atomic mass is 10.3. The van der Waals surface area contributed by atoms with Gasteiger partial charge in [0.2, 0.25) is 0 Å². The SMILES string of the molecule is COC1CCN(C(=O)N2CSCC2C(=O)O)C1. The molecule has 0 spiro atoms. The Bertz CT molecular complexity index is 325. The quantitative estimate of drug-likeness (QED) is 0.772. The first-order valence-electron chi connectivity index (χ1n) is 5.52. The molecule has 2 atom stereocenters. The van der Waals surface area contributed by atoms with Crippen LogP contribution in [0.4, 0.5) is 4.79 Å². The highest BCUT2D eigenvalue weighted by atomic mass is 32.2. The van der Waals surface area contributed by atoms with Crippen LogP contribution in [0.1, 0.15) is 6.42 Å². The number of thioether (sulfide) groups is 1. The van der Waals surface area contributed by atoms with Crippen LogP contribution in [0.25, 0.3) is 0 Å². The second-order valence-electron chi connectivity index (χ2n) is 4.20. The number of urea groups is 1. The second-order valence-corrected chi connectivity index (χ2v) is 5.20. The van der Waals surface area contributed by atoms with Gasteiger partial charge in [-0.3, -0.25) is 0 Å². The molecule has 0 aromatic rings. The van der Waals surface area contributed by atoms with Gasteiger partial charge in [-0.15, -0.1) is 11.8 Å². The minimum Gasteiger partial charge on any atom is -0.480 e. The van der Waals surface area contributed by atoms with Gasteiger partial charge in [0, 0.05) is 26.0 Å². The van der Waals surface area contributed by atoms with Crippen LogP contribution < -0.4 is 0 Å². The average Bonchev–Trinajstić information content (AvgIpc) is 2.97. The van der Waals surface area contributed by atoms with Gasteiger partial charge in [0.25, 0.3) is 0 Å². The maximum Gasteiger partial charge on any atom is 0.327 e.